The number of pyridine rings is 1. The molecule has 5 rings (SSSR count). The van der Waals surface area contributed by atoms with Gasteiger partial charge in [0.15, 0.2) is 5.41 Å². The number of aryl methyl sites for hydroxylation is 1. The molecule has 7 nitrogen and oxygen atoms in total. The highest BCUT2D eigenvalue weighted by atomic mass is 16.2. The third-order valence-corrected chi connectivity index (χ3v) is 6.46. The lowest BCUT2D eigenvalue weighted by Crippen LogP contribution is -2.72. The lowest BCUT2D eigenvalue weighted by atomic mass is 9.66. The lowest BCUT2D eigenvalue weighted by Gasteiger charge is -2.52. The number of nitrogens with zero attached hydrogens (tertiary/aromatic N) is 3. The van der Waals surface area contributed by atoms with Crippen molar-refractivity contribution in [2.75, 3.05) is 18.5 Å². The number of aromatic nitrogens is 1. The topological polar surface area (TPSA) is 82.6 Å². The molecule has 1 spiro atoms. The standard InChI is InChI=1S/C21H22N4O3/c1-12-6-7-15-13(9-12)10-14-11-21(18(26)23-20(28)24(2)19(21)27)16-5-3-4-8-25(16)17(14)22-15/h6-7,9-10,16H,3-5,8,11H2,1-2H3,(H,23,26,28)/t16-,21+/m0/s1. The van der Waals surface area contributed by atoms with Gasteiger partial charge in [-0.25, -0.2) is 9.78 Å². The van der Waals surface area contributed by atoms with Crippen LogP contribution < -0.4 is 10.2 Å². The van der Waals surface area contributed by atoms with E-state index in [1.807, 2.05) is 25.1 Å². The normalized spacial score (nSPS) is 27.1. The van der Waals surface area contributed by atoms with Crippen molar-refractivity contribution in [3.63, 3.8) is 0 Å². The number of imide groups is 2. The zero-order valence-electron chi connectivity index (χ0n) is 16.0. The molecule has 2 atom stereocenters. The van der Waals surface area contributed by atoms with Crippen molar-refractivity contribution < 1.29 is 14.4 Å². The second kappa shape index (κ2) is 5.77. The number of urea groups is 1. The van der Waals surface area contributed by atoms with Gasteiger partial charge in [0.25, 0.3) is 0 Å². The summed E-state index contributed by atoms with van der Waals surface area (Å²) >= 11 is 0. The van der Waals surface area contributed by atoms with Crippen LogP contribution in [0, 0.1) is 12.3 Å². The van der Waals surface area contributed by atoms with Crippen molar-refractivity contribution in [2.24, 2.45) is 5.41 Å². The van der Waals surface area contributed by atoms with Crippen molar-refractivity contribution in [3.05, 3.63) is 35.4 Å². The van der Waals surface area contributed by atoms with E-state index in [9.17, 15) is 14.4 Å². The van der Waals surface area contributed by atoms with E-state index >= 15 is 0 Å². The Balaban J connectivity index is 1.73. The Labute approximate surface area is 162 Å². The Morgan fingerprint density at radius 2 is 2.00 bits per heavy atom. The zero-order chi connectivity index (χ0) is 19.6. The van der Waals surface area contributed by atoms with Crippen molar-refractivity contribution in [1.82, 2.24) is 15.2 Å². The first-order valence-electron chi connectivity index (χ1n) is 9.72. The number of amides is 4. The van der Waals surface area contributed by atoms with Crippen LogP contribution in [0.3, 0.4) is 0 Å². The first-order chi connectivity index (χ1) is 13.4. The predicted molar refractivity (Wildman–Crippen MR) is 104 cm³/mol. The zero-order valence-corrected chi connectivity index (χ0v) is 16.0. The molecule has 0 bridgehead atoms. The number of carbonyl (C=O) groups excluding carboxylic acids is 3. The molecule has 2 aromatic rings. The summed E-state index contributed by atoms with van der Waals surface area (Å²) in [6.45, 7) is 2.78. The Bertz CT molecular complexity index is 1050. The van der Waals surface area contributed by atoms with E-state index in [1.165, 1.54) is 7.05 Å². The first-order valence-corrected chi connectivity index (χ1v) is 9.72. The maximum Gasteiger partial charge on any atom is 0.330 e. The van der Waals surface area contributed by atoms with Gasteiger partial charge in [-0.3, -0.25) is 19.8 Å². The quantitative estimate of drug-likeness (QED) is 0.711. The van der Waals surface area contributed by atoms with Crippen LogP contribution in [0.5, 0.6) is 0 Å². The third-order valence-electron chi connectivity index (χ3n) is 6.46. The molecular formula is C21H22N4O3. The lowest BCUT2D eigenvalue weighted by molar-refractivity contribution is -0.153. The molecule has 3 aliphatic rings. The number of benzene rings is 1. The average Bonchev–Trinajstić information content (AvgIpc) is 2.69. The highest BCUT2D eigenvalue weighted by Crippen LogP contribution is 2.47. The van der Waals surface area contributed by atoms with Crippen LogP contribution in [0.4, 0.5) is 10.6 Å². The smallest absolute Gasteiger partial charge is 0.330 e. The molecule has 2 saturated heterocycles. The van der Waals surface area contributed by atoms with Gasteiger partial charge in [0.05, 0.1) is 11.6 Å². The van der Waals surface area contributed by atoms with Crippen LogP contribution in [-0.4, -0.2) is 47.4 Å². The Morgan fingerprint density at radius 1 is 1.18 bits per heavy atom. The molecule has 1 aromatic carbocycles. The summed E-state index contributed by atoms with van der Waals surface area (Å²) in [6.07, 6.45) is 2.93. The number of hydrogen-bond acceptors (Lipinski definition) is 5. The van der Waals surface area contributed by atoms with Crippen LogP contribution in [0.15, 0.2) is 24.3 Å². The van der Waals surface area contributed by atoms with Gasteiger partial charge in [-0.15, -0.1) is 0 Å². The summed E-state index contributed by atoms with van der Waals surface area (Å²) in [7, 11) is 1.44. The van der Waals surface area contributed by atoms with Crippen LogP contribution in [0.2, 0.25) is 0 Å². The van der Waals surface area contributed by atoms with Crippen molar-refractivity contribution in [2.45, 2.75) is 38.6 Å². The number of hydrogen-bond donors (Lipinski definition) is 1. The highest BCUT2D eigenvalue weighted by Gasteiger charge is 2.61. The maximum atomic E-state index is 13.3. The molecule has 4 amide bonds. The fourth-order valence-electron chi connectivity index (χ4n) is 5.05. The predicted octanol–water partition coefficient (Wildman–Crippen LogP) is 2.15. The minimum Gasteiger partial charge on any atom is -0.352 e. The Hall–Kier alpha value is -2.96. The average molecular weight is 378 g/mol. The number of carbonyl (C=O) groups is 3. The Kier molecular flexibility index (Phi) is 3.53. The first kappa shape index (κ1) is 17.2. The van der Waals surface area contributed by atoms with E-state index in [0.717, 1.165) is 58.6 Å². The molecular weight excluding hydrogens is 356 g/mol. The third kappa shape index (κ3) is 2.16. The molecule has 7 heteroatoms. The van der Waals surface area contributed by atoms with Gasteiger partial charge >= 0.3 is 6.03 Å². The van der Waals surface area contributed by atoms with Gasteiger partial charge in [0.1, 0.15) is 5.82 Å². The summed E-state index contributed by atoms with van der Waals surface area (Å²) < 4.78 is 0. The van der Waals surface area contributed by atoms with E-state index < -0.39 is 23.3 Å². The van der Waals surface area contributed by atoms with Crippen LogP contribution in [0.1, 0.15) is 30.4 Å². The van der Waals surface area contributed by atoms with Gasteiger partial charge in [0.2, 0.25) is 11.8 Å². The van der Waals surface area contributed by atoms with Crippen molar-refractivity contribution in [1.29, 1.82) is 0 Å². The second-order valence-corrected chi connectivity index (χ2v) is 8.14. The number of rotatable bonds is 0. The molecule has 2 fully saturated rings. The van der Waals surface area contributed by atoms with Crippen LogP contribution in [-0.2, 0) is 16.0 Å². The largest absolute Gasteiger partial charge is 0.352 e. The molecule has 4 heterocycles. The van der Waals surface area contributed by atoms with Gasteiger partial charge in [-0.2, -0.15) is 0 Å². The molecule has 28 heavy (non-hydrogen) atoms. The molecule has 0 saturated carbocycles. The van der Waals surface area contributed by atoms with Crippen LogP contribution in [0.25, 0.3) is 10.9 Å². The molecule has 0 unspecified atom stereocenters. The van der Waals surface area contributed by atoms with Gasteiger partial charge in [-0.1, -0.05) is 11.6 Å². The van der Waals surface area contributed by atoms with E-state index in [-0.39, 0.29) is 12.5 Å². The number of piperidine rings is 1. The second-order valence-electron chi connectivity index (χ2n) is 8.14. The summed E-state index contributed by atoms with van der Waals surface area (Å²) in [4.78, 5) is 46.5. The minimum absolute atomic E-state index is 0.267. The summed E-state index contributed by atoms with van der Waals surface area (Å²) in [5, 5.41) is 3.41. The minimum atomic E-state index is -1.28. The monoisotopic (exact) mass is 378 g/mol. The van der Waals surface area contributed by atoms with E-state index in [2.05, 4.69) is 16.3 Å². The number of nitrogens with one attached hydrogen (secondary N) is 1. The van der Waals surface area contributed by atoms with E-state index in [0.29, 0.717) is 0 Å². The summed E-state index contributed by atoms with van der Waals surface area (Å²) in [5.74, 6) is -0.0209. The maximum absolute atomic E-state index is 13.3. The van der Waals surface area contributed by atoms with Crippen molar-refractivity contribution in [3.8, 4) is 0 Å². The molecule has 0 aliphatic carbocycles. The van der Waals surface area contributed by atoms with E-state index in [1.54, 1.807) is 0 Å². The van der Waals surface area contributed by atoms with Gasteiger partial charge in [-0.05, 0) is 49.9 Å². The fraction of sp³-hybridized carbons (Fsp3) is 0.429. The summed E-state index contributed by atoms with van der Waals surface area (Å²) in [6, 6.07) is 7.23. The number of fused-ring (bicyclic) bond motifs is 5. The summed E-state index contributed by atoms with van der Waals surface area (Å²) in [5.41, 5.74) is 1.65. The highest BCUT2D eigenvalue weighted by molar-refractivity contribution is 6.20. The molecule has 1 aromatic heterocycles. The Morgan fingerprint density at radius 3 is 2.82 bits per heavy atom. The van der Waals surface area contributed by atoms with Crippen LogP contribution >= 0.6 is 0 Å². The van der Waals surface area contributed by atoms with Crippen molar-refractivity contribution >= 4 is 34.6 Å². The van der Waals surface area contributed by atoms with Gasteiger partial charge < -0.3 is 4.90 Å². The molecule has 3 aliphatic heterocycles. The van der Waals surface area contributed by atoms with E-state index in [4.69, 9.17) is 4.98 Å². The molecule has 144 valence electrons. The fourth-order valence-corrected chi connectivity index (χ4v) is 5.05. The molecule has 1 N–H and O–H groups in total. The number of barbiturate groups is 1. The SMILES string of the molecule is Cc1ccc2nc3c(cc2c1)C[C@]1(C(=O)NC(=O)N(C)C1=O)[C@@H]1CCCCN31. The van der Waals surface area contributed by atoms with Gasteiger partial charge in [0, 0.05) is 25.4 Å². The molecule has 0 radical (unpaired) electrons. The number of anilines is 1.